The fourth-order valence-electron chi connectivity index (χ4n) is 4.88. The second-order valence-corrected chi connectivity index (χ2v) is 9.08. The molecule has 0 saturated carbocycles. The Bertz CT molecular complexity index is 1230. The zero-order valence-electron chi connectivity index (χ0n) is 19.9. The van der Waals surface area contributed by atoms with Crippen molar-refractivity contribution in [3.63, 3.8) is 0 Å². The molecular weight excluding hydrogens is 412 g/mol. The van der Waals surface area contributed by atoms with E-state index in [2.05, 4.69) is 121 Å². The number of unbranched alkanes of at least 4 members (excludes halogenated alkanes) is 2. The second kappa shape index (κ2) is 10.5. The molecule has 34 heavy (non-hydrogen) atoms. The van der Waals surface area contributed by atoms with Crippen molar-refractivity contribution in [2.75, 3.05) is 0 Å². The van der Waals surface area contributed by atoms with E-state index in [0.717, 1.165) is 30.1 Å². The molecule has 0 N–H and O–H groups in total. The number of nitrogens with zero attached hydrogens (tertiary/aromatic N) is 2. The molecule has 5 rings (SSSR count). The van der Waals surface area contributed by atoms with Gasteiger partial charge in [0.2, 0.25) is 0 Å². The van der Waals surface area contributed by atoms with Crippen molar-refractivity contribution in [1.82, 2.24) is 4.90 Å². The minimum atomic E-state index is 0.105. The molecule has 1 aliphatic rings. The molecule has 170 valence electrons. The van der Waals surface area contributed by atoms with Gasteiger partial charge in [-0.05, 0) is 35.6 Å². The van der Waals surface area contributed by atoms with Crippen LogP contribution in [0.5, 0.6) is 0 Å². The summed E-state index contributed by atoms with van der Waals surface area (Å²) in [6.07, 6.45) is 4.85. The van der Waals surface area contributed by atoms with Gasteiger partial charge in [-0.25, -0.2) is 4.99 Å². The SMILES string of the molecule is CCCCCc1ccc2c(c1)N=C(c1ccccc1)N(Cc1ccccc1)C2c1ccccc1. The van der Waals surface area contributed by atoms with E-state index in [-0.39, 0.29) is 6.04 Å². The Balaban J connectivity index is 1.65. The van der Waals surface area contributed by atoms with Gasteiger partial charge in [0, 0.05) is 17.7 Å². The largest absolute Gasteiger partial charge is 0.341 e. The van der Waals surface area contributed by atoms with Crippen LogP contribution >= 0.6 is 0 Å². The fraction of sp³-hybridized carbons (Fsp3) is 0.219. The van der Waals surface area contributed by atoms with E-state index in [0.29, 0.717) is 0 Å². The molecule has 0 saturated heterocycles. The van der Waals surface area contributed by atoms with Gasteiger partial charge in [-0.2, -0.15) is 0 Å². The maximum Gasteiger partial charge on any atom is 0.137 e. The lowest BCUT2D eigenvalue weighted by Gasteiger charge is -2.39. The van der Waals surface area contributed by atoms with Gasteiger partial charge in [-0.1, -0.05) is 123 Å². The number of fused-ring (bicyclic) bond motifs is 1. The first-order chi connectivity index (χ1) is 16.8. The van der Waals surface area contributed by atoms with Crippen molar-refractivity contribution < 1.29 is 0 Å². The van der Waals surface area contributed by atoms with Gasteiger partial charge in [0.15, 0.2) is 0 Å². The van der Waals surface area contributed by atoms with Crippen molar-refractivity contribution >= 4 is 11.5 Å². The third kappa shape index (κ3) is 4.82. The number of benzene rings is 4. The summed E-state index contributed by atoms with van der Waals surface area (Å²) >= 11 is 0. The summed E-state index contributed by atoms with van der Waals surface area (Å²) in [6.45, 7) is 3.06. The smallest absolute Gasteiger partial charge is 0.137 e. The molecule has 0 spiro atoms. The fourth-order valence-corrected chi connectivity index (χ4v) is 4.88. The average molecular weight is 445 g/mol. The quantitative estimate of drug-likeness (QED) is 0.251. The topological polar surface area (TPSA) is 15.6 Å². The Hall–Kier alpha value is -3.65. The van der Waals surface area contributed by atoms with Gasteiger partial charge in [0.05, 0.1) is 11.7 Å². The Kier molecular flexibility index (Phi) is 6.86. The first-order valence-electron chi connectivity index (χ1n) is 12.5. The van der Waals surface area contributed by atoms with Crippen molar-refractivity contribution in [2.45, 2.75) is 45.2 Å². The van der Waals surface area contributed by atoms with Crippen LogP contribution in [0.25, 0.3) is 0 Å². The molecule has 0 amide bonds. The monoisotopic (exact) mass is 444 g/mol. The Morgan fingerprint density at radius 2 is 1.38 bits per heavy atom. The average Bonchev–Trinajstić information content (AvgIpc) is 2.90. The molecule has 4 aromatic carbocycles. The van der Waals surface area contributed by atoms with Gasteiger partial charge in [-0.3, -0.25) is 0 Å². The molecule has 2 nitrogen and oxygen atoms in total. The number of hydrogen-bond acceptors (Lipinski definition) is 2. The second-order valence-electron chi connectivity index (χ2n) is 9.08. The van der Waals surface area contributed by atoms with Crippen molar-refractivity contribution in [1.29, 1.82) is 0 Å². The van der Waals surface area contributed by atoms with Gasteiger partial charge in [-0.15, -0.1) is 0 Å². The van der Waals surface area contributed by atoms with E-state index in [9.17, 15) is 0 Å². The van der Waals surface area contributed by atoms with Crippen LogP contribution in [0, 0.1) is 0 Å². The number of aryl methyl sites for hydroxylation is 1. The summed E-state index contributed by atoms with van der Waals surface area (Å²) in [7, 11) is 0. The molecule has 1 heterocycles. The summed E-state index contributed by atoms with van der Waals surface area (Å²) in [6, 6.07) is 39.3. The number of aliphatic imine (C=N–C) groups is 1. The highest BCUT2D eigenvalue weighted by atomic mass is 15.2. The summed E-state index contributed by atoms with van der Waals surface area (Å²) < 4.78 is 0. The predicted octanol–water partition coefficient (Wildman–Crippen LogP) is 8.10. The van der Waals surface area contributed by atoms with Gasteiger partial charge < -0.3 is 4.90 Å². The van der Waals surface area contributed by atoms with Crippen molar-refractivity contribution in [3.05, 3.63) is 137 Å². The molecule has 0 radical (unpaired) electrons. The normalized spacial score (nSPS) is 15.0. The van der Waals surface area contributed by atoms with Crippen LogP contribution in [0.1, 0.15) is 60.0 Å². The molecule has 1 unspecified atom stereocenters. The molecule has 0 aromatic heterocycles. The van der Waals surface area contributed by atoms with E-state index in [4.69, 9.17) is 4.99 Å². The molecule has 0 bridgehead atoms. The highest BCUT2D eigenvalue weighted by molar-refractivity contribution is 6.02. The lowest BCUT2D eigenvalue weighted by molar-refractivity contribution is 0.345. The molecule has 2 heteroatoms. The summed E-state index contributed by atoms with van der Waals surface area (Å²) in [4.78, 5) is 7.77. The van der Waals surface area contributed by atoms with Gasteiger partial charge in [0.25, 0.3) is 0 Å². The first kappa shape index (κ1) is 22.2. The predicted molar refractivity (Wildman–Crippen MR) is 143 cm³/mol. The number of rotatable bonds is 8. The van der Waals surface area contributed by atoms with E-state index >= 15 is 0 Å². The zero-order valence-corrected chi connectivity index (χ0v) is 19.9. The molecule has 1 aliphatic heterocycles. The maximum atomic E-state index is 5.30. The molecule has 0 fully saturated rings. The Morgan fingerprint density at radius 1 is 0.706 bits per heavy atom. The van der Waals surface area contributed by atoms with E-state index in [1.54, 1.807) is 0 Å². The highest BCUT2D eigenvalue weighted by Gasteiger charge is 2.32. The minimum Gasteiger partial charge on any atom is -0.341 e. The third-order valence-electron chi connectivity index (χ3n) is 6.61. The molecule has 4 aromatic rings. The Morgan fingerprint density at radius 3 is 2.09 bits per heavy atom. The van der Waals surface area contributed by atoms with Crippen LogP contribution in [0.2, 0.25) is 0 Å². The standard InChI is InChI=1S/C32H32N2/c1-2-3-7-14-25-21-22-29-30(23-25)33-32(28-19-12-6-13-20-28)34(24-26-15-8-4-9-16-26)31(29)27-17-10-5-11-18-27/h4-6,8-13,15-23,31H,2-3,7,14,24H2,1H3. The first-order valence-corrected chi connectivity index (χ1v) is 12.5. The highest BCUT2D eigenvalue weighted by Crippen LogP contribution is 2.41. The number of hydrogen-bond donors (Lipinski definition) is 0. The zero-order chi connectivity index (χ0) is 23.2. The molecule has 1 atom stereocenters. The van der Waals surface area contributed by atoms with Gasteiger partial charge in [0.1, 0.15) is 5.84 Å². The maximum absolute atomic E-state index is 5.30. The van der Waals surface area contributed by atoms with Crippen molar-refractivity contribution in [3.8, 4) is 0 Å². The van der Waals surface area contributed by atoms with Crippen LogP contribution in [0.4, 0.5) is 5.69 Å². The minimum absolute atomic E-state index is 0.105. The Labute approximate surface area is 203 Å². The lowest BCUT2D eigenvalue weighted by Crippen LogP contribution is -2.38. The number of amidine groups is 1. The van der Waals surface area contributed by atoms with E-state index in [1.807, 2.05) is 0 Å². The van der Waals surface area contributed by atoms with Crippen LogP contribution in [-0.2, 0) is 13.0 Å². The van der Waals surface area contributed by atoms with Gasteiger partial charge >= 0.3 is 0 Å². The summed E-state index contributed by atoms with van der Waals surface area (Å²) in [5, 5.41) is 0. The lowest BCUT2D eigenvalue weighted by atomic mass is 9.91. The summed E-state index contributed by atoms with van der Waals surface area (Å²) in [5.41, 5.74) is 7.49. The van der Waals surface area contributed by atoms with Crippen LogP contribution in [0.15, 0.2) is 114 Å². The third-order valence-corrected chi connectivity index (χ3v) is 6.61. The van der Waals surface area contributed by atoms with E-state index < -0.39 is 0 Å². The van der Waals surface area contributed by atoms with E-state index in [1.165, 1.54) is 41.5 Å². The molecule has 0 aliphatic carbocycles. The van der Waals surface area contributed by atoms with Crippen molar-refractivity contribution in [2.24, 2.45) is 4.99 Å². The summed E-state index contributed by atoms with van der Waals surface area (Å²) in [5.74, 6) is 1.04. The molecular formula is C32H32N2. The van der Waals surface area contributed by atoms with Crippen LogP contribution in [-0.4, -0.2) is 10.7 Å². The van der Waals surface area contributed by atoms with Crippen LogP contribution in [0.3, 0.4) is 0 Å². The van der Waals surface area contributed by atoms with Crippen LogP contribution < -0.4 is 0 Å².